The van der Waals surface area contributed by atoms with Gasteiger partial charge in [-0.1, -0.05) is 0 Å². The molecule has 1 unspecified atom stereocenters. The Morgan fingerprint density at radius 3 is 2.48 bits per heavy atom. The van der Waals surface area contributed by atoms with Crippen LogP contribution in [0, 0.1) is 0 Å². The van der Waals surface area contributed by atoms with Crippen LogP contribution in [-0.4, -0.2) is 63.4 Å². The van der Waals surface area contributed by atoms with Gasteiger partial charge in [-0.15, -0.1) is 0 Å². The number of nitrogens with zero attached hydrogens (tertiary/aromatic N) is 1. The minimum absolute atomic E-state index is 0.228. The molecule has 0 saturated carbocycles. The maximum absolute atomic E-state index is 12.3. The summed E-state index contributed by atoms with van der Waals surface area (Å²) in [5, 5.41) is 0. The normalized spacial score (nSPS) is 15.7. The fraction of sp³-hybridized carbons (Fsp3) is 0.500. The molecule has 2 rings (SSSR count). The minimum atomic E-state index is -0.868. The molecule has 126 valence electrons. The Bertz CT molecular complexity index is 568. The smallest absolute Gasteiger partial charge is 0.342 e. The number of morpholine rings is 1. The molecule has 1 aliphatic heterocycles. The van der Waals surface area contributed by atoms with Crippen molar-refractivity contribution in [2.45, 2.75) is 13.0 Å². The van der Waals surface area contributed by atoms with Gasteiger partial charge in [0, 0.05) is 19.2 Å². The van der Waals surface area contributed by atoms with Crippen molar-refractivity contribution in [2.75, 3.05) is 40.5 Å². The number of carbonyl (C=O) groups excluding carboxylic acids is 2. The second kappa shape index (κ2) is 7.82. The highest BCUT2D eigenvalue weighted by Gasteiger charge is 2.26. The van der Waals surface area contributed by atoms with Crippen molar-refractivity contribution < 1.29 is 28.5 Å². The van der Waals surface area contributed by atoms with Gasteiger partial charge in [0.15, 0.2) is 6.10 Å². The van der Waals surface area contributed by atoms with Crippen molar-refractivity contribution >= 4 is 11.9 Å². The zero-order chi connectivity index (χ0) is 16.8. The summed E-state index contributed by atoms with van der Waals surface area (Å²) in [7, 11) is 2.98. The zero-order valence-corrected chi connectivity index (χ0v) is 13.5. The topological polar surface area (TPSA) is 74.3 Å². The van der Waals surface area contributed by atoms with Crippen molar-refractivity contribution in [1.29, 1.82) is 0 Å². The van der Waals surface area contributed by atoms with E-state index in [2.05, 4.69) is 0 Å². The molecular formula is C16H21NO6. The molecule has 0 aromatic heterocycles. The summed E-state index contributed by atoms with van der Waals surface area (Å²) in [6, 6.07) is 4.77. The summed E-state index contributed by atoms with van der Waals surface area (Å²) in [5.74, 6) is 0.0592. The molecule has 0 aliphatic carbocycles. The monoisotopic (exact) mass is 323 g/mol. The average Bonchev–Trinajstić information content (AvgIpc) is 2.60. The molecule has 1 fully saturated rings. The molecule has 7 nitrogen and oxygen atoms in total. The molecule has 0 radical (unpaired) electrons. The third-order valence-electron chi connectivity index (χ3n) is 3.58. The second-order valence-corrected chi connectivity index (χ2v) is 5.05. The van der Waals surface area contributed by atoms with Crippen LogP contribution in [0.25, 0.3) is 0 Å². The van der Waals surface area contributed by atoms with Gasteiger partial charge in [0.25, 0.3) is 5.91 Å². The van der Waals surface area contributed by atoms with Gasteiger partial charge in [-0.25, -0.2) is 4.79 Å². The summed E-state index contributed by atoms with van der Waals surface area (Å²) < 4.78 is 20.7. The number of methoxy groups -OCH3 is 2. The first-order valence-electron chi connectivity index (χ1n) is 7.36. The number of amides is 1. The number of ether oxygens (including phenoxy) is 4. The molecule has 0 N–H and O–H groups in total. The van der Waals surface area contributed by atoms with Crippen molar-refractivity contribution in [3.05, 3.63) is 23.8 Å². The molecule has 1 saturated heterocycles. The Balaban J connectivity index is 2.04. The van der Waals surface area contributed by atoms with Crippen molar-refractivity contribution in [1.82, 2.24) is 4.90 Å². The number of rotatable bonds is 5. The van der Waals surface area contributed by atoms with Gasteiger partial charge < -0.3 is 23.8 Å². The van der Waals surface area contributed by atoms with Gasteiger partial charge in [0.1, 0.15) is 17.1 Å². The Kier molecular flexibility index (Phi) is 5.81. The first kappa shape index (κ1) is 17.1. The molecule has 1 atom stereocenters. The predicted octanol–water partition coefficient (Wildman–Crippen LogP) is 1.11. The van der Waals surface area contributed by atoms with E-state index < -0.39 is 12.1 Å². The SMILES string of the molecule is COc1ccc(C(=O)OC(C)C(=O)N2CCOCC2)c(OC)c1. The van der Waals surface area contributed by atoms with E-state index in [1.165, 1.54) is 14.2 Å². The molecule has 7 heteroatoms. The maximum Gasteiger partial charge on any atom is 0.342 e. The van der Waals surface area contributed by atoms with Crippen LogP contribution in [0.1, 0.15) is 17.3 Å². The van der Waals surface area contributed by atoms with E-state index in [4.69, 9.17) is 18.9 Å². The quantitative estimate of drug-likeness (QED) is 0.756. The van der Waals surface area contributed by atoms with Crippen molar-refractivity contribution in [3.63, 3.8) is 0 Å². The van der Waals surface area contributed by atoms with E-state index in [1.54, 1.807) is 30.0 Å². The fourth-order valence-electron chi connectivity index (χ4n) is 2.28. The minimum Gasteiger partial charge on any atom is -0.497 e. The van der Waals surface area contributed by atoms with Crippen molar-refractivity contribution in [2.24, 2.45) is 0 Å². The molecular weight excluding hydrogens is 302 g/mol. The maximum atomic E-state index is 12.3. The van der Waals surface area contributed by atoms with Crippen LogP contribution in [0.15, 0.2) is 18.2 Å². The van der Waals surface area contributed by atoms with E-state index in [0.717, 1.165) is 0 Å². The standard InChI is InChI=1S/C16H21NO6/c1-11(15(18)17-6-8-22-9-7-17)23-16(19)13-5-4-12(20-2)10-14(13)21-3/h4-5,10-11H,6-9H2,1-3H3. The molecule has 1 heterocycles. The van der Waals surface area contributed by atoms with Crippen LogP contribution in [0.3, 0.4) is 0 Å². The van der Waals surface area contributed by atoms with Crippen LogP contribution in [0.4, 0.5) is 0 Å². The van der Waals surface area contributed by atoms with Gasteiger partial charge in [0.05, 0.1) is 27.4 Å². The molecule has 1 aromatic rings. The van der Waals surface area contributed by atoms with E-state index in [-0.39, 0.29) is 11.5 Å². The Hall–Kier alpha value is -2.28. The second-order valence-electron chi connectivity index (χ2n) is 5.05. The third kappa shape index (κ3) is 4.13. The van der Waals surface area contributed by atoms with Gasteiger partial charge in [-0.3, -0.25) is 4.79 Å². The highest BCUT2D eigenvalue weighted by atomic mass is 16.6. The molecule has 0 bridgehead atoms. The van der Waals surface area contributed by atoms with Crippen LogP contribution in [0.2, 0.25) is 0 Å². The zero-order valence-electron chi connectivity index (χ0n) is 13.5. The number of hydrogen-bond acceptors (Lipinski definition) is 6. The average molecular weight is 323 g/mol. The molecule has 1 amide bonds. The first-order valence-corrected chi connectivity index (χ1v) is 7.36. The van der Waals surface area contributed by atoms with Crippen LogP contribution >= 0.6 is 0 Å². The van der Waals surface area contributed by atoms with Crippen LogP contribution in [-0.2, 0) is 14.3 Å². The van der Waals surface area contributed by atoms with E-state index in [1.807, 2.05) is 0 Å². The third-order valence-corrected chi connectivity index (χ3v) is 3.58. The molecule has 1 aromatic carbocycles. The molecule has 1 aliphatic rings. The number of esters is 1. The lowest BCUT2D eigenvalue weighted by Gasteiger charge is -2.29. The van der Waals surface area contributed by atoms with Crippen LogP contribution in [0.5, 0.6) is 11.5 Å². The fourth-order valence-corrected chi connectivity index (χ4v) is 2.28. The predicted molar refractivity (Wildman–Crippen MR) is 81.8 cm³/mol. The number of carbonyl (C=O) groups is 2. The van der Waals surface area contributed by atoms with Crippen molar-refractivity contribution in [3.8, 4) is 11.5 Å². The highest BCUT2D eigenvalue weighted by Crippen LogP contribution is 2.25. The van der Waals surface area contributed by atoms with Gasteiger partial charge in [-0.05, 0) is 19.1 Å². The highest BCUT2D eigenvalue weighted by molar-refractivity contribution is 5.94. The first-order chi connectivity index (χ1) is 11.1. The summed E-state index contributed by atoms with van der Waals surface area (Å²) in [5.41, 5.74) is 0.245. The van der Waals surface area contributed by atoms with E-state index in [0.29, 0.717) is 37.8 Å². The Labute approximate surface area is 135 Å². The molecule has 0 spiro atoms. The number of hydrogen-bond donors (Lipinski definition) is 0. The summed E-state index contributed by atoms with van der Waals surface area (Å²) in [6.45, 7) is 3.57. The summed E-state index contributed by atoms with van der Waals surface area (Å²) >= 11 is 0. The van der Waals surface area contributed by atoms with Gasteiger partial charge in [-0.2, -0.15) is 0 Å². The summed E-state index contributed by atoms with van der Waals surface area (Å²) in [4.78, 5) is 26.2. The van der Waals surface area contributed by atoms with E-state index in [9.17, 15) is 9.59 Å². The van der Waals surface area contributed by atoms with Gasteiger partial charge >= 0.3 is 5.97 Å². The molecule has 23 heavy (non-hydrogen) atoms. The largest absolute Gasteiger partial charge is 0.497 e. The summed E-state index contributed by atoms with van der Waals surface area (Å²) in [6.07, 6.45) is -0.868. The number of benzene rings is 1. The lowest BCUT2D eigenvalue weighted by molar-refractivity contribution is -0.143. The Morgan fingerprint density at radius 1 is 1.17 bits per heavy atom. The lowest BCUT2D eigenvalue weighted by atomic mass is 10.2. The van der Waals surface area contributed by atoms with E-state index >= 15 is 0 Å². The lowest BCUT2D eigenvalue weighted by Crippen LogP contribution is -2.46. The Morgan fingerprint density at radius 2 is 1.87 bits per heavy atom. The van der Waals surface area contributed by atoms with Crippen LogP contribution < -0.4 is 9.47 Å². The van der Waals surface area contributed by atoms with Gasteiger partial charge in [0.2, 0.25) is 0 Å².